The molecule has 178 valence electrons. The van der Waals surface area contributed by atoms with Crippen molar-refractivity contribution in [2.75, 3.05) is 13.2 Å². The SMILES string of the molecule is CCOC(=O)c1cc(-c2ccc(/C=C3/SC(=O)N(CC(=O)c4ccc(Cl)cc4)C3=O)o2)ccc1Cl. The van der Waals surface area contributed by atoms with Crippen molar-refractivity contribution < 1.29 is 28.3 Å². The van der Waals surface area contributed by atoms with Gasteiger partial charge in [0, 0.05) is 22.2 Å². The van der Waals surface area contributed by atoms with Gasteiger partial charge in [-0.05, 0) is 73.3 Å². The Kier molecular flexibility index (Phi) is 7.45. The van der Waals surface area contributed by atoms with Gasteiger partial charge in [0.2, 0.25) is 0 Å². The van der Waals surface area contributed by atoms with E-state index in [9.17, 15) is 19.2 Å². The summed E-state index contributed by atoms with van der Waals surface area (Å²) in [5.41, 5.74) is 1.13. The van der Waals surface area contributed by atoms with Crippen LogP contribution >= 0.6 is 35.0 Å². The number of carbonyl (C=O) groups is 4. The number of imide groups is 1. The number of carbonyl (C=O) groups excluding carboxylic acids is 4. The van der Waals surface area contributed by atoms with E-state index in [1.54, 1.807) is 49.4 Å². The normalized spacial score (nSPS) is 14.6. The van der Waals surface area contributed by atoms with Gasteiger partial charge >= 0.3 is 5.97 Å². The number of Topliss-reactive ketones (excluding diaryl/α,β-unsaturated/α-hetero) is 1. The summed E-state index contributed by atoms with van der Waals surface area (Å²) < 4.78 is 10.8. The molecule has 0 N–H and O–H groups in total. The van der Waals surface area contributed by atoms with Gasteiger partial charge in [-0.1, -0.05) is 23.2 Å². The lowest BCUT2D eigenvalue weighted by atomic mass is 10.1. The van der Waals surface area contributed by atoms with Crippen molar-refractivity contribution >= 4 is 63.9 Å². The predicted molar refractivity (Wildman–Crippen MR) is 134 cm³/mol. The van der Waals surface area contributed by atoms with Crippen LogP contribution in [0.1, 0.15) is 33.4 Å². The minimum Gasteiger partial charge on any atom is -0.462 e. The van der Waals surface area contributed by atoms with E-state index >= 15 is 0 Å². The quantitative estimate of drug-likeness (QED) is 0.200. The molecule has 0 atom stereocenters. The maximum absolute atomic E-state index is 12.8. The van der Waals surface area contributed by atoms with Crippen LogP contribution in [0.15, 0.2) is 63.9 Å². The molecule has 0 spiro atoms. The molecule has 2 heterocycles. The molecule has 35 heavy (non-hydrogen) atoms. The van der Waals surface area contributed by atoms with E-state index < -0.39 is 17.1 Å². The first-order valence-corrected chi connectivity index (χ1v) is 11.9. The van der Waals surface area contributed by atoms with E-state index in [4.69, 9.17) is 32.4 Å². The van der Waals surface area contributed by atoms with Crippen LogP contribution in [0.2, 0.25) is 10.0 Å². The molecule has 0 unspecified atom stereocenters. The molecular formula is C25H17Cl2NO6S. The van der Waals surface area contributed by atoms with Crippen LogP contribution < -0.4 is 0 Å². The summed E-state index contributed by atoms with van der Waals surface area (Å²) in [7, 11) is 0. The molecule has 0 aliphatic carbocycles. The van der Waals surface area contributed by atoms with Crippen molar-refractivity contribution in [3.63, 3.8) is 0 Å². The second-order valence-corrected chi connectivity index (χ2v) is 9.15. The molecule has 1 aromatic heterocycles. The van der Waals surface area contributed by atoms with Gasteiger partial charge in [-0.2, -0.15) is 0 Å². The Morgan fingerprint density at radius 2 is 1.80 bits per heavy atom. The number of furan rings is 1. The molecule has 1 aliphatic rings. The van der Waals surface area contributed by atoms with Crippen LogP contribution in [-0.4, -0.2) is 41.0 Å². The molecule has 7 nitrogen and oxygen atoms in total. The van der Waals surface area contributed by atoms with Gasteiger partial charge in [-0.25, -0.2) is 4.79 Å². The molecule has 10 heteroatoms. The van der Waals surface area contributed by atoms with E-state index in [2.05, 4.69) is 0 Å². The Morgan fingerprint density at radius 3 is 2.51 bits per heavy atom. The van der Waals surface area contributed by atoms with Crippen molar-refractivity contribution in [1.29, 1.82) is 0 Å². The van der Waals surface area contributed by atoms with E-state index in [1.807, 2.05) is 0 Å². The van der Waals surface area contributed by atoms with Gasteiger partial charge in [-0.15, -0.1) is 0 Å². The topological polar surface area (TPSA) is 93.9 Å². The van der Waals surface area contributed by atoms with Crippen molar-refractivity contribution in [3.8, 4) is 11.3 Å². The molecule has 2 amide bonds. The van der Waals surface area contributed by atoms with E-state index in [0.29, 0.717) is 27.7 Å². The van der Waals surface area contributed by atoms with Crippen molar-refractivity contribution in [2.45, 2.75) is 6.92 Å². The average molecular weight is 530 g/mol. The van der Waals surface area contributed by atoms with Crippen molar-refractivity contribution in [2.24, 2.45) is 0 Å². The lowest BCUT2D eigenvalue weighted by molar-refractivity contribution is -0.122. The lowest BCUT2D eigenvalue weighted by Gasteiger charge is -2.11. The molecule has 3 aromatic rings. The summed E-state index contributed by atoms with van der Waals surface area (Å²) in [6.45, 7) is 1.53. The minimum atomic E-state index is -0.587. The first kappa shape index (κ1) is 24.8. The number of amides is 2. The monoisotopic (exact) mass is 529 g/mol. The zero-order valence-corrected chi connectivity index (χ0v) is 20.6. The van der Waals surface area contributed by atoms with Gasteiger partial charge in [0.05, 0.1) is 28.6 Å². The van der Waals surface area contributed by atoms with Gasteiger partial charge < -0.3 is 9.15 Å². The zero-order valence-electron chi connectivity index (χ0n) is 18.2. The summed E-state index contributed by atoms with van der Waals surface area (Å²) in [6, 6.07) is 14.3. The third kappa shape index (κ3) is 5.51. The summed E-state index contributed by atoms with van der Waals surface area (Å²) in [6.07, 6.45) is 1.43. The van der Waals surface area contributed by atoms with E-state index in [0.717, 1.165) is 16.7 Å². The van der Waals surface area contributed by atoms with E-state index in [1.165, 1.54) is 18.2 Å². The number of esters is 1. The Bertz CT molecular complexity index is 1360. The lowest BCUT2D eigenvalue weighted by Crippen LogP contribution is -2.33. The van der Waals surface area contributed by atoms with Crippen LogP contribution in [0.25, 0.3) is 17.4 Å². The van der Waals surface area contributed by atoms with Crippen LogP contribution in [0.5, 0.6) is 0 Å². The Morgan fingerprint density at radius 1 is 1.06 bits per heavy atom. The first-order valence-electron chi connectivity index (χ1n) is 10.4. The average Bonchev–Trinajstić information content (AvgIpc) is 3.40. The molecule has 4 rings (SSSR count). The highest BCUT2D eigenvalue weighted by molar-refractivity contribution is 8.18. The summed E-state index contributed by atoms with van der Waals surface area (Å²) >= 11 is 12.7. The highest BCUT2D eigenvalue weighted by Gasteiger charge is 2.36. The summed E-state index contributed by atoms with van der Waals surface area (Å²) in [5.74, 6) is -0.771. The maximum atomic E-state index is 12.8. The zero-order chi connectivity index (χ0) is 25.1. The van der Waals surface area contributed by atoms with Crippen LogP contribution in [0.4, 0.5) is 4.79 Å². The fraction of sp³-hybridized carbons (Fsp3) is 0.120. The van der Waals surface area contributed by atoms with Crippen molar-refractivity contribution in [3.05, 3.63) is 86.4 Å². The van der Waals surface area contributed by atoms with Crippen LogP contribution in [-0.2, 0) is 9.53 Å². The summed E-state index contributed by atoms with van der Waals surface area (Å²) in [5, 5.41) is 0.178. The highest BCUT2D eigenvalue weighted by atomic mass is 35.5. The molecule has 1 fully saturated rings. The third-order valence-corrected chi connectivity index (χ3v) is 6.48. The largest absolute Gasteiger partial charge is 0.462 e. The third-order valence-electron chi connectivity index (χ3n) is 4.99. The molecule has 2 aromatic carbocycles. The Hall–Kier alpha value is -3.33. The second kappa shape index (κ2) is 10.5. The fourth-order valence-corrected chi connectivity index (χ4v) is 4.40. The van der Waals surface area contributed by atoms with Gasteiger partial charge in [0.25, 0.3) is 11.1 Å². The number of ether oxygens (including phenoxy) is 1. The number of ketones is 1. The number of thioether (sulfide) groups is 1. The fourth-order valence-electron chi connectivity index (χ4n) is 3.27. The molecule has 0 saturated carbocycles. The minimum absolute atomic E-state index is 0.128. The Balaban J connectivity index is 1.51. The van der Waals surface area contributed by atoms with Crippen molar-refractivity contribution in [1.82, 2.24) is 4.90 Å². The first-order chi connectivity index (χ1) is 16.8. The highest BCUT2D eigenvalue weighted by Crippen LogP contribution is 2.34. The number of halogens is 2. The van der Waals surface area contributed by atoms with Crippen LogP contribution in [0.3, 0.4) is 0 Å². The molecule has 1 saturated heterocycles. The van der Waals surface area contributed by atoms with E-state index in [-0.39, 0.29) is 34.4 Å². The molecule has 1 aliphatic heterocycles. The smallest absolute Gasteiger partial charge is 0.339 e. The van der Waals surface area contributed by atoms with Crippen LogP contribution in [0, 0.1) is 0 Å². The molecular weight excluding hydrogens is 513 g/mol. The number of rotatable bonds is 7. The standard InChI is InChI=1S/C25H17Cl2NO6S/c1-2-33-24(31)18-11-15(5-9-19(18)27)21-10-8-17(34-21)12-22-23(30)28(25(32)35-22)13-20(29)14-3-6-16(26)7-4-14/h3-12H,2,13H2,1H3/b22-12+. The number of nitrogens with zero attached hydrogens (tertiary/aromatic N) is 1. The molecule has 0 radical (unpaired) electrons. The summed E-state index contributed by atoms with van der Waals surface area (Å²) in [4.78, 5) is 50.8. The van der Waals surface area contributed by atoms with Gasteiger partial charge in [0.15, 0.2) is 5.78 Å². The molecule has 0 bridgehead atoms. The van der Waals surface area contributed by atoms with Gasteiger partial charge in [0.1, 0.15) is 11.5 Å². The number of hydrogen-bond donors (Lipinski definition) is 0. The predicted octanol–water partition coefficient (Wildman–Crippen LogP) is 6.35. The number of hydrogen-bond acceptors (Lipinski definition) is 7. The van der Waals surface area contributed by atoms with Gasteiger partial charge in [-0.3, -0.25) is 19.3 Å². The maximum Gasteiger partial charge on any atom is 0.339 e. The number of benzene rings is 2. The second-order valence-electron chi connectivity index (χ2n) is 7.32. The Labute approximate surface area is 214 Å².